The minimum Gasteiger partial charge on any atom is -0.337 e. The lowest BCUT2D eigenvalue weighted by Crippen LogP contribution is -2.68. The lowest BCUT2D eigenvalue weighted by atomic mass is 9.43. The van der Waals surface area contributed by atoms with E-state index < -0.39 is 0 Å². The predicted molar refractivity (Wildman–Crippen MR) is 112 cm³/mol. The van der Waals surface area contributed by atoms with Gasteiger partial charge in [0, 0.05) is 22.6 Å². The molecule has 3 unspecified atom stereocenters. The van der Waals surface area contributed by atoms with Crippen LogP contribution in [0.4, 0.5) is 5.69 Å². The Balaban J connectivity index is 1.66. The highest BCUT2D eigenvalue weighted by Crippen LogP contribution is 2.65. The van der Waals surface area contributed by atoms with Gasteiger partial charge < -0.3 is 4.89 Å². The average molecular weight is 398 g/mol. The summed E-state index contributed by atoms with van der Waals surface area (Å²) < 4.78 is 0. The Morgan fingerprint density at radius 2 is 1.90 bits per heavy atom. The first-order chi connectivity index (χ1) is 13.6. The topological polar surface area (TPSA) is 55.8 Å². The van der Waals surface area contributed by atoms with Gasteiger partial charge in [0.25, 0.3) is 11.8 Å². The van der Waals surface area contributed by atoms with Crippen molar-refractivity contribution in [1.29, 1.82) is 0 Å². The molecule has 0 N–H and O–H groups in total. The zero-order valence-corrected chi connectivity index (χ0v) is 18.2. The first kappa shape index (κ1) is 20.1. The van der Waals surface area contributed by atoms with Crippen LogP contribution >= 0.6 is 0 Å². The van der Waals surface area contributed by atoms with E-state index in [0.717, 1.165) is 18.4 Å². The predicted octanol–water partition coefficient (Wildman–Crippen LogP) is 5.15. The molecular weight excluding hydrogens is 366 g/mol. The molecule has 3 aliphatic carbocycles. The summed E-state index contributed by atoms with van der Waals surface area (Å²) in [5, 5.41) is 0. The van der Waals surface area contributed by atoms with E-state index in [1.807, 2.05) is 26.0 Å². The molecular formula is C24H31NO4. The number of imide groups is 1. The highest BCUT2D eigenvalue weighted by molar-refractivity contribution is 6.30. The largest absolute Gasteiger partial charge is 0.337 e. The van der Waals surface area contributed by atoms with Crippen molar-refractivity contribution in [1.82, 2.24) is 0 Å². The van der Waals surface area contributed by atoms with Crippen molar-refractivity contribution in [2.24, 2.45) is 17.3 Å². The number of nitrogens with zero attached hydrogens (tertiary/aromatic N) is 1. The van der Waals surface area contributed by atoms with E-state index >= 15 is 0 Å². The number of amides is 2. The third kappa shape index (κ3) is 2.77. The third-order valence-electron chi connectivity index (χ3n) is 7.65. The molecule has 2 bridgehead atoms. The molecule has 156 valence electrons. The highest BCUT2D eigenvalue weighted by atomic mass is 17.2. The molecule has 4 aliphatic rings. The fraction of sp³-hybridized carbons (Fsp3) is 0.583. The lowest BCUT2D eigenvalue weighted by molar-refractivity contribution is -0.399. The molecule has 1 heterocycles. The van der Waals surface area contributed by atoms with E-state index in [0.29, 0.717) is 28.8 Å². The second kappa shape index (κ2) is 6.69. The summed E-state index contributed by atoms with van der Waals surface area (Å²) >= 11 is 0. The van der Waals surface area contributed by atoms with Gasteiger partial charge in [-0.05, 0) is 56.1 Å². The SMILES string of the molecule is CC1=CC(=O)N(c2cccc(OOC34CC(CCC3C)C4(C)C)c2C(C)C)C1=O. The molecule has 1 aromatic rings. The normalized spacial score (nSPS) is 30.4. The molecule has 5 rings (SSSR count). The maximum Gasteiger partial charge on any atom is 0.261 e. The van der Waals surface area contributed by atoms with Gasteiger partial charge in [-0.25, -0.2) is 4.90 Å². The van der Waals surface area contributed by atoms with Crippen LogP contribution in [0.3, 0.4) is 0 Å². The van der Waals surface area contributed by atoms with Crippen LogP contribution in [0.2, 0.25) is 0 Å². The Hall–Kier alpha value is -2.14. The van der Waals surface area contributed by atoms with Gasteiger partial charge in [-0.1, -0.05) is 40.7 Å². The molecule has 1 aliphatic heterocycles. The fourth-order valence-electron chi connectivity index (χ4n) is 5.62. The first-order valence-electron chi connectivity index (χ1n) is 10.7. The van der Waals surface area contributed by atoms with Crippen molar-refractivity contribution in [2.75, 3.05) is 4.90 Å². The van der Waals surface area contributed by atoms with Crippen molar-refractivity contribution in [3.05, 3.63) is 35.4 Å². The Labute approximate surface area is 173 Å². The summed E-state index contributed by atoms with van der Waals surface area (Å²) in [6.07, 6.45) is 4.80. The first-order valence-corrected chi connectivity index (χ1v) is 10.7. The number of anilines is 1. The maximum absolute atomic E-state index is 12.6. The van der Waals surface area contributed by atoms with Gasteiger partial charge in [-0.15, -0.1) is 0 Å². The van der Waals surface area contributed by atoms with Crippen LogP contribution in [0, 0.1) is 17.3 Å². The average Bonchev–Trinajstić information content (AvgIpc) is 2.91. The molecule has 5 nitrogen and oxygen atoms in total. The molecule has 0 spiro atoms. The molecule has 0 radical (unpaired) electrons. The lowest BCUT2D eigenvalue weighted by Gasteiger charge is -2.66. The molecule has 1 aromatic carbocycles. The van der Waals surface area contributed by atoms with E-state index in [1.54, 1.807) is 13.0 Å². The molecule has 0 aromatic heterocycles. The molecule has 5 heteroatoms. The number of carbonyl (C=O) groups is 2. The second-order valence-corrected chi connectivity index (χ2v) is 9.81. The molecule has 0 saturated heterocycles. The molecule has 2 amide bonds. The van der Waals surface area contributed by atoms with E-state index in [9.17, 15) is 9.59 Å². The van der Waals surface area contributed by atoms with Crippen LogP contribution in [0.15, 0.2) is 29.8 Å². The van der Waals surface area contributed by atoms with E-state index in [4.69, 9.17) is 9.78 Å². The zero-order chi connectivity index (χ0) is 21.1. The van der Waals surface area contributed by atoms with Crippen LogP contribution in [-0.2, 0) is 14.5 Å². The smallest absolute Gasteiger partial charge is 0.261 e. The number of carbonyl (C=O) groups excluding carboxylic acids is 2. The molecule has 3 atom stereocenters. The third-order valence-corrected chi connectivity index (χ3v) is 7.65. The van der Waals surface area contributed by atoms with Crippen LogP contribution in [0.1, 0.15) is 72.3 Å². The molecule has 3 saturated carbocycles. The van der Waals surface area contributed by atoms with Crippen LogP contribution in [-0.4, -0.2) is 17.4 Å². The monoisotopic (exact) mass is 397 g/mol. The van der Waals surface area contributed by atoms with Crippen LogP contribution in [0.25, 0.3) is 0 Å². The Bertz CT molecular complexity index is 900. The summed E-state index contributed by atoms with van der Waals surface area (Å²) in [6, 6.07) is 5.47. The van der Waals surface area contributed by atoms with Crippen molar-refractivity contribution >= 4 is 17.5 Å². The van der Waals surface area contributed by atoms with Crippen molar-refractivity contribution in [3.8, 4) is 5.75 Å². The van der Waals surface area contributed by atoms with Gasteiger partial charge in [0.2, 0.25) is 0 Å². The summed E-state index contributed by atoms with van der Waals surface area (Å²) in [4.78, 5) is 38.5. The van der Waals surface area contributed by atoms with Gasteiger partial charge in [-0.3, -0.25) is 9.59 Å². The van der Waals surface area contributed by atoms with Crippen molar-refractivity contribution in [2.45, 2.75) is 72.3 Å². The standard InChI is InChI=1S/C24H31NO4/c1-14(2)21-18(25-20(26)12-15(3)22(25)27)8-7-9-19(21)28-29-24-13-17(23(24,5)6)11-10-16(24)4/h7-9,12,14,16-17H,10-11,13H2,1-6H3. The van der Waals surface area contributed by atoms with E-state index in [2.05, 4.69) is 20.8 Å². The molecule has 3 fully saturated rings. The Kier molecular flexibility index (Phi) is 4.65. The van der Waals surface area contributed by atoms with E-state index in [1.165, 1.54) is 17.4 Å². The number of fused-ring (bicyclic) bond motifs is 2. The number of rotatable bonds is 5. The van der Waals surface area contributed by atoms with Gasteiger partial charge in [-0.2, -0.15) is 4.89 Å². The highest BCUT2D eigenvalue weighted by Gasteiger charge is 2.67. The minimum absolute atomic E-state index is 0.0507. The number of hydrogen-bond acceptors (Lipinski definition) is 4. The Morgan fingerprint density at radius 1 is 1.17 bits per heavy atom. The van der Waals surface area contributed by atoms with Gasteiger partial charge in [0.05, 0.1) is 5.69 Å². The van der Waals surface area contributed by atoms with Crippen LogP contribution < -0.4 is 9.79 Å². The van der Waals surface area contributed by atoms with Gasteiger partial charge in [0.1, 0.15) is 5.60 Å². The fourth-order valence-corrected chi connectivity index (χ4v) is 5.62. The number of hydrogen-bond donors (Lipinski definition) is 0. The summed E-state index contributed by atoms with van der Waals surface area (Å²) in [6.45, 7) is 12.5. The second-order valence-electron chi connectivity index (χ2n) is 9.81. The number of benzene rings is 1. The Morgan fingerprint density at radius 3 is 2.45 bits per heavy atom. The van der Waals surface area contributed by atoms with Crippen LogP contribution in [0.5, 0.6) is 5.75 Å². The summed E-state index contributed by atoms with van der Waals surface area (Å²) in [5.74, 6) is 1.13. The van der Waals surface area contributed by atoms with Crippen molar-refractivity contribution < 1.29 is 19.4 Å². The van der Waals surface area contributed by atoms with E-state index in [-0.39, 0.29) is 28.7 Å². The maximum atomic E-state index is 12.6. The van der Waals surface area contributed by atoms with Gasteiger partial charge in [0.15, 0.2) is 5.75 Å². The summed E-state index contributed by atoms with van der Waals surface area (Å²) in [7, 11) is 0. The quantitative estimate of drug-likeness (QED) is 0.391. The molecule has 29 heavy (non-hydrogen) atoms. The zero-order valence-electron chi connectivity index (χ0n) is 18.2. The van der Waals surface area contributed by atoms with Gasteiger partial charge >= 0.3 is 0 Å². The van der Waals surface area contributed by atoms with Crippen molar-refractivity contribution in [3.63, 3.8) is 0 Å². The summed E-state index contributed by atoms with van der Waals surface area (Å²) in [5.41, 5.74) is 1.61. The minimum atomic E-state index is -0.310.